The molecule has 0 bridgehead atoms. The molecule has 3 rings (SSSR count). The fraction of sp³-hybridized carbons (Fsp3) is 0.278. The number of hydrogen-bond donors (Lipinski definition) is 2. The smallest absolute Gasteiger partial charge is 0.290 e. The van der Waals surface area contributed by atoms with Gasteiger partial charge in [-0.05, 0) is 43.2 Å². The average Bonchev–Trinajstić information content (AvgIpc) is 3.26. The van der Waals surface area contributed by atoms with E-state index in [2.05, 4.69) is 10.6 Å². The number of carbonyl (C=O) groups excluding carboxylic acids is 3. The largest absolute Gasteiger partial charge is 0.459 e. The summed E-state index contributed by atoms with van der Waals surface area (Å²) in [4.78, 5) is 37.7. The molecule has 0 radical (unpaired) electrons. The summed E-state index contributed by atoms with van der Waals surface area (Å²) < 4.78 is 5.14. The topological polar surface area (TPSA) is 91.7 Å². The molecule has 1 fully saturated rings. The van der Waals surface area contributed by atoms with Gasteiger partial charge in [-0.25, -0.2) is 0 Å². The number of hydrogen-bond acceptors (Lipinski definition) is 4. The minimum absolute atomic E-state index is 0.186. The molecule has 1 aliphatic heterocycles. The number of nitrogens with one attached hydrogen (secondary N) is 2. The first-order valence-electron chi connectivity index (χ1n) is 8.07. The van der Waals surface area contributed by atoms with Gasteiger partial charge in [-0.15, -0.1) is 0 Å². The molecule has 7 nitrogen and oxygen atoms in total. The van der Waals surface area contributed by atoms with Gasteiger partial charge in [-0.1, -0.05) is 6.07 Å². The Kier molecular flexibility index (Phi) is 4.83. The summed E-state index contributed by atoms with van der Waals surface area (Å²) in [5.41, 5.74) is 1.16. The van der Waals surface area contributed by atoms with Crippen LogP contribution in [0.5, 0.6) is 0 Å². The van der Waals surface area contributed by atoms with Crippen molar-refractivity contribution in [2.75, 3.05) is 17.2 Å². The van der Waals surface area contributed by atoms with Crippen molar-refractivity contribution in [3.8, 4) is 0 Å². The summed E-state index contributed by atoms with van der Waals surface area (Å²) in [6.45, 7) is 1.94. The van der Waals surface area contributed by atoms with Crippen LogP contribution < -0.4 is 10.6 Å². The molecule has 1 unspecified atom stereocenters. The monoisotopic (exact) mass is 341 g/mol. The Morgan fingerprint density at radius 2 is 1.88 bits per heavy atom. The van der Waals surface area contributed by atoms with Crippen molar-refractivity contribution >= 4 is 29.1 Å². The van der Waals surface area contributed by atoms with Gasteiger partial charge in [0.1, 0.15) is 6.04 Å². The minimum atomic E-state index is -0.540. The Hall–Kier alpha value is -3.09. The van der Waals surface area contributed by atoms with Crippen LogP contribution in [0, 0.1) is 0 Å². The number of anilines is 2. The number of nitrogens with zero attached hydrogens (tertiary/aromatic N) is 1. The van der Waals surface area contributed by atoms with Gasteiger partial charge in [-0.2, -0.15) is 0 Å². The highest BCUT2D eigenvalue weighted by Gasteiger charge is 2.35. The van der Waals surface area contributed by atoms with E-state index in [4.69, 9.17) is 4.42 Å². The lowest BCUT2D eigenvalue weighted by Crippen LogP contribution is -2.43. The van der Waals surface area contributed by atoms with Gasteiger partial charge in [0.15, 0.2) is 5.76 Å². The highest BCUT2D eigenvalue weighted by atomic mass is 16.3. The molecule has 2 N–H and O–H groups in total. The van der Waals surface area contributed by atoms with Gasteiger partial charge in [0, 0.05) is 24.8 Å². The van der Waals surface area contributed by atoms with Crippen molar-refractivity contribution in [1.29, 1.82) is 0 Å². The normalized spacial score (nSPS) is 16.5. The highest BCUT2D eigenvalue weighted by molar-refractivity contribution is 6.01. The molecule has 2 heterocycles. The summed E-state index contributed by atoms with van der Waals surface area (Å²) in [6, 6.07) is 9.57. The summed E-state index contributed by atoms with van der Waals surface area (Å²) in [5, 5.41) is 5.48. The first kappa shape index (κ1) is 16.8. The van der Waals surface area contributed by atoms with Crippen LogP contribution in [-0.2, 0) is 9.59 Å². The molecular formula is C18H19N3O4. The van der Waals surface area contributed by atoms with Crippen molar-refractivity contribution in [2.24, 2.45) is 0 Å². The number of furan rings is 1. The van der Waals surface area contributed by atoms with Gasteiger partial charge in [-0.3, -0.25) is 14.4 Å². The first-order valence-corrected chi connectivity index (χ1v) is 8.07. The minimum Gasteiger partial charge on any atom is -0.459 e. The van der Waals surface area contributed by atoms with E-state index in [9.17, 15) is 14.4 Å². The zero-order valence-corrected chi connectivity index (χ0v) is 13.8. The van der Waals surface area contributed by atoms with Gasteiger partial charge in [0.25, 0.3) is 5.91 Å². The van der Waals surface area contributed by atoms with Crippen molar-refractivity contribution in [1.82, 2.24) is 4.90 Å². The van der Waals surface area contributed by atoms with Crippen LogP contribution in [0.3, 0.4) is 0 Å². The molecule has 1 aromatic carbocycles. The van der Waals surface area contributed by atoms with Gasteiger partial charge in [0.05, 0.1) is 6.26 Å². The highest BCUT2D eigenvalue weighted by Crippen LogP contribution is 2.23. The van der Waals surface area contributed by atoms with Crippen molar-refractivity contribution in [2.45, 2.75) is 25.8 Å². The van der Waals surface area contributed by atoms with Crippen molar-refractivity contribution in [3.05, 3.63) is 48.4 Å². The fourth-order valence-corrected chi connectivity index (χ4v) is 2.93. The maximum absolute atomic E-state index is 12.6. The van der Waals surface area contributed by atoms with E-state index in [0.29, 0.717) is 24.3 Å². The molecule has 0 spiro atoms. The third kappa shape index (κ3) is 3.88. The van der Waals surface area contributed by atoms with Crippen molar-refractivity contribution in [3.63, 3.8) is 0 Å². The van der Waals surface area contributed by atoms with E-state index >= 15 is 0 Å². The third-order valence-corrected chi connectivity index (χ3v) is 4.00. The second kappa shape index (κ2) is 7.21. The van der Waals surface area contributed by atoms with Crippen LogP contribution in [0.1, 0.15) is 30.3 Å². The Morgan fingerprint density at radius 1 is 1.12 bits per heavy atom. The second-order valence-corrected chi connectivity index (χ2v) is 5.89. The van der Waals surface area contributed by atoms with Gasteiger partial charge >= 0.3 is 0 Å². The molecule has 1 atom stereocenters. The Labute approximate surface area is 145 Å². The zero-order valence-electron chi connectivity index (χ0n) is 13.8. The summed E-state index contributed by atoms with van der Waals surface area (Å²) in [5.74, 6) is -0.492. The number of rotatable bonds is 4. The molecule has 1 aromatic heterocycles. The molecule has 0 saturated carbocycles. The molecule has 25 heavy (non-hydrogen) atoms. The van der Waals surface area contributed by atoms with Crippen LogP contribution >= 0.6 is 0 Å². The molecule has 0 aliphatic carbocycles. The maximum atomic E-state index is 12.6. The zero-order chi connectivity index (χ0) is 17.8. The van der Waals surface area contributed by atoms with E-state index < -0.39 is 6.04 Å². The summed E-state index contributed by atoms with van der Waals surface area (Å²) in [6.07, 6.45) is 2.80. The van der Waals surface area contributed by atoms with E-state index in [1.54, 1.807) is 36.4 Å². The Balaban J connectivity index is 1.70. The van der Waals surface area contributed by atoms with Crippen LogP contribution in [-0.4, -0.2) is 35.2 Å². The molecule has 7 heteroatoms. The SMILES string of the molecule is CC(=O)Nc1cccc(NC(=O)C2CCCN2C(=O)c2ccco2)c1. The van der Waals surface area contributed by atoms with Crippen LogP contribution in [0.2, 0.25) is 0 Å². The van der Waals surface area contributed by atoms with E-state index in [1.165, 1.54) is 18.1 Å². The molecule has 1 saturated heterocycles. The van der Waals surface area contributed by atoms with Crippen LogP contribution in [0.25, 0.3) is 0 Å². The maximum Gasteiger partial charge on any atom is 0.290 e. The summed E-state index contributed by atoms with van der Waals surface area (Å²) >= 11 is 0. The third-order valence-electron chi connectivity index (χ3n) is 4.00. The average molecular weight is 341 g/mol. The lowest BCUT2D eigenvalue weighted by Gasteiger charge is -2.23. The Bertz CT molecular complexity index is 785. The second-order valence-electron chi connectivity index (χ2n) is 5.89. The van der Waals surface area contributed by atoms with Crippen LogP contribution in [0.4, 0.5) is 11.4 Å². The number of amides is 3. The van der Waals surface area contributed by atoms with Gasteiger partial charge < -0.3 is 20.0 Å². The number of carbonyl (C=O) groups is 3. The van der Waals surface area contributed by atoms with Gasteiger partial charge in [0.2, 0.25) is 11.8 Å². The molecule has 130 valence electrons. The fourth-order valence-electron chi connectivity index (χ4n) is 2.93. The molecule has 2 aromatic rings. The lowest BCUT2D eigenvalue weighted by molar-refractivity contribution is -0.119. The molecule has 1 aliphatic rings. The van der Waals surface area contributed by atoms with E-state index in [0.717, 1.165) is 6.42 Å². The quantitative estimate of drug-likeness (QED) is 0.894. The van der Waals surface area contributed by atoms with E-state index in [-0.39, 0.29) is 23.5 Å². The predicted octanol–water partition coefficient (Wildman–Crippen LogP) is 2.48. The molecular weight excluding hydrogens is 322 g/mol. The Morgan fingerprint density at radius 3 is 2.56 bits per heavy atom. The van der Waals surface area contributed by atoms with E-state index in [1.807, 2.05) is 0 Å². The van der Waals surface area contributed by atoms with Crippen molar-refractivity contribution < 1.29 is 18.8 Å². The first-order chi connectivity index (χ1) is 12.0. The van der Waals surface area contributed by atoms with Crippen LogP contribution in [0.15, 0.2) is 47.1 Å². The standard InChI is InChI=1S/C18H19N3O4/c1-12(22)19-13-5-2-6-14(11-13)20-17(23)15-7-3-9-21(15)18(24)16-8-4-10-25-16/h2,4-6,8,10-11,15H,3,7,9H2,1H3,(H,19,22)(H,20,23). The summed E-state index contributed by atoms with van der Waals surface area (Å²) in [7, 11) is 0. The predicted molar refractivity (Wildman–Crippen MR) is 92.1 cm³/mol. The lowest BCUT2D eigenvalue weighted by atomic mass is 10.2. The number of likely N-dealkylation sites (tertiary alicyclic amines) is 1. The molecule has 3 amide bonds. The number of benzene rings is 1.